The zero-order valence-electron chi connectivity index (χ0n) is 15.9. The van der Waals surface area contributed by atoms with E-state index < -0.39 is 0 Å². The van der Waals surface area contributed by atoms with Gasteiger partial charge in [-0.05, 0) is 37.5 Å². The number of H-pyrrole nitrogens is 1. The Labute approximate surface area is 159 Å². The van der Waals surface area contributed by atoms with Crippen molar-refractivity contribution in [3.8, 4) is 0 Å². The fourth-order valence-electron chi connectivity index (χ4n) is 3.86. The maximum absolute atomic E-state index is 13.1. The number of benzene rings is 1. The highest BCUT2D eigenvalue weighted by atomic mass is 16.5. The smallest absolute Gasteiger partial charge is 0.228 e. The molecule has 0 saturated carbocycles. The van der Waals surface area contributed by atoms with Gasteiger partial charge in [0.15, 0.2) is 0 Å². The summed E-state index contributed by atoms with van der Waals surface area (Å²) in [6.07, 6.45) is 3.69. The lowest BCUT2D eigenvalue weighted by molar-refractivity contribution is -0.136. The van der Waals surface area contributed by atoms with E-state index in [4.69, 9.17) is 4.74 Å². The van der Waals surface area contributed by atoms with E-state index in [1.165, 1.54) is 10.9 Å². The molecule has 2 aromatic heterocycles. The van der Waals surface area contributed by atoms with E-state index >= 15 is 0 Å². The largest absolute Gasteiger partial charge is 0.381 e. The van der Waals surface area contributed by atoms with E-state index in [2.05, 4.69) is 40.5 Å². The van der Waals surface area contributed by atoms with Gasteiger partial charge in [-0.2, -0.15) is 5.10 Å². The molecule has 0 aliphatic carbocycles. The molecule has 1 aromatic carbocycles. The molecule has 6 nitrogen and oxygen atoms in total. The Balaban J connectivity index is 1.53. The maximum Gasteiger partial charge on any atom is 0.228 e. The maximum atomic E-state index is 13.1. The number of ether oxygens (including phenoxy) is 1. The molecule has 1 aliphatic rings. The lowest BCUT2D eigenvalue weighted by atomic mass is 10.1. The third-order valence-electron chi connectivity index (χ3n) is 5.37. The SMILES string of the molecule is Cc1cc(CN(CCc2c[nH]c3ccccc23)C(=O)[C@H]2CCOC2)n(C)n1. The van der Waals surface area contributed by atoms with Gasteiger partial charge in [0.2, 0.25) is 5.91 Å². The Morgan fingerprint density at radius 2 is 2.26 bits per heavy atom. The minimum atomic E-state index is -0.0257. The number of aryl methyl sites for hydroxylation is 2. The molecule has 1 amide bonds. The van der Waals surface area contributed by atoms with Crippen LogP contribution in [0.3, 0.4) is 0 Å². The van der Waals surface area contributed by atoms with E-state index in [9.17, 15) is 4.79 Å². The van der Waals surface area contributed by atoms with Crippen molar-refractivity contribution in [2.45, 2.75) is 26.3 Å². The van der Waals surface area contributed by atoms with Crippen LogP contribution in [-0.4, -0.2) is 45.3 Å². The molecule has 3 heterocycles. The third kappa shape index (κ3) is 3.76. The first-order chi connectivity index (χ1) is 13.1. The first-order valence-electron chi connectivity index (χ1n) is 9.53. The standard InChI is InChI=1S/C21H26N4O2/c1-15-11-18(24(2)23-15)13-25(21(26)17-8-10-27-14-17)9-7-16-12-22-20-6-4-3-5-19(16)20/h3-6,11-12,17,22H,7-10,13-14H2,1-2H3/t17-/m0/s1. The van der Waals surface area contributed by atoms with E-state index in [1.54, 1.807) is 0 Å². The summed E-state index contributed by atoms with van der Waals surface area (Å²) in [5.74, 6) is 0.161. The first-order valence-corrected chi connectivity index (χ1v) is 9.53. The summed E-state index contributed by atoms with van der Waals surface area (Å²) in [6.45, 7) is 4.45. The minimum absolute atomic E-state index is 0.0257. The number of hydrogen-bond acceptors (Lipinski definition) is 3. The Kier molecular flexibility index (Phi) is 4.99. The van der Waals surface area contributed by atoms with Gasteiger partial charge in [0, 0.05) is 37.3 Å². The monoisotopic (exact) mass is 366 g/mol. The molecule has 4 rings (SSSR count). The average molecular weight is 366 g/mol. The average Bonchev–Trinajstić information content (AvgIpc) is 3.39. The number of para-hydroxylation sites is 1. The first kappa shape index (κ1) is 17.8. The van der Waals surface area contributed by atoms with Gasteiger partial charge in [-0.1, -0.05) is 18.2 Å². The quantitative estimate of drug-likeness (QED) is 0.730. The number of aromatic nitrogens is 3. The summed E-state index contributed by atoms with van der Waals surface area (Å²) in [4.78, 5) is 18.4. The molecule has 6 heteroatoms. The summed E-state index contributed by atoms with van der Waals surface area (Å²) in [6, 6.07) is 10.3. The fraction of sp³-hybridized carbons (Fsp3) is 0.429. The van der Waals surface area contributed by atoms with Crippen LogP contribution in [0.4, 0.5) is 0 Å². The summed E-state index contributed by atoms with van der Waals surface area (Å²) in [7, 11) is 1.93. The molecule has 0 spiro atoms. The van der Waals surface area contributed by atoms with Crippen LogP contribution >= 0.6 is 0 Å². The molecule has 3 aromatic rings. The zero-order valence-corrected chi connectivity index (χ0v) is 15.9. The van der Waals surface area contributed by atoms with Crippen LogP contribution in [-0.2, 0) is 29.5 Å². The number of carbonyl (C=O) groups is 1. The lowest BCUT2D eigenvalue weighted by Gasteiger charge is -2.25. The van der Waals surface area contributed by atoms with Crippen LogP contribution in [0.25, 0.3) is 10.9 Å². The number of aromatic amines is 1. The third-order valence-corrected chi connectivity index (χ3v) is 5.37. The number of fused-ring (bicyclic) bond motifs is 1. The lowest BCUT2D eigenvalue weighted by Crippen LogP contribution is -2.38. The van der Waals surface area contributed by atoms with Crippen LogP contribution in [0.2, 0.25) is 0 Å². The second kappa shape index (κ2) is 7.56. The Hall–Kier alpha value is -2.60. The Morgan fingerprint density at radius 1 is 1.41 bits per heavy atom. The zero-order chi connectivity index (χ0) is 18.8. The van der Waals surface area contributed by atoms with Crippen LogP contribution in [0.5, 0.6) is 0 Å². The molecule has 0 unspecified atom stereocenters. The number of hydrogen-bond donors (Lipinski definition) is 1. The van der Waals surface area contributed by atoms with Crippen LogP contribution in [0.15, 0.2) is 36.5 Å². The van der Waals surface area contributed by atoms with Gasteiger partial charge in [0.05, 0.1) is 30.5 Å². The van der Waals surface area contributed by atoms with Gasteiger partial charge in [-0.3, -0.25) is 9.48 Å². The number of rotatable bonds is 6. The van der Waals surface area contributed by atoms with Gasteiger partial charge < -0.3 is 14.6 Å². The van der Waals surface area contributed by atoms with E-state index in [0.717, 1.165) is 29.7 Å². The molecule has 1 fully saturated rings. The molecule has 1 saturated heterocycles. The van der Waals surface area contributed by atoms with E-state index in [-0.39, 0.29) is 11.8 Å². The van der Waals surface area contributed by atoms with Crippen LogP contribution in [0.1, 0.15) is 23.4 Å². The second-order valence-corrected chi connectivity index (χ2v) is 7.33. The van der Waals surface area contributed by atoms with Crippen molar-refractivity contribution >= 4 is 16.8 Å². The molecule has 1 N–H and O–H groups in total. The van der Waals surface area contributed by atoms with Crippen molar-refractivity contribution in [1.29, 1.82) is 0 Å². The van der Waals surface area contributed by atoms with Crippen molar-refractivity contribution in [3.63, 3.8) is 0 Å². The number of nitrogens with one attached hydrogen (secondary N) is 1. The summed E-state index contributed by atoms with van der Waals surface area (Å²) >= 11 is 0. The van der Waals surface area contributed by atoms with Crippen molar-refractivity contribution < 1.29 is 9.53 Å². The molecule has 27 heavy (non-hydrogen) atoms. The molecular weight excluding hydrogens is 340 g/mol. The molecular formula is C21H26N4O2. The van der Waals surface area contributed by atoms with Gasteiger partial charge in [-0.25, -0.2) is 0 Å². The Bertz CT molecular complexity index is 937. The van der Waals surface area contributed by atoms with Crippen LogP contribution < -0.4 is 0 Å². The van der Waals surface area contributed by atoms with Crippen molar-refractivity contribution in [2.75, 3.05) is 19.8 Å². The number of amides is 1. The highest BCUT2D eigenvalue weighted by Gasteiger charge is 2.28. The predicted molar refractivity (Wildman–Crippen MR) is 104 cm³/mol. The van der Waals surface area contributed by atoms with Gasteiger partial charge in [0.25, 0.3) is 0 Å². The van der Waals surface area contributed by atoms with Crippen LogP contribution in [0, 0.1) is 12.8 Å². The van der Waals surface area contributed by atoms with E-state index in [1.807, 2.05) is 29.6 Å². The molecule has 0 radical (unpaired) electrons. The molecule has 1 aliphatic heterocycles. The highest BCUT2D eigenvalue weighted by Crippen LogP contribution is 2.21. The molecule has 1 atom stereocenters. The van der Waals surface area contributed by atoms with Crippen molar-refractivity contribution in [3.05, 3.63) is 53.5 Å². The van der Waals surface area contributed by atoms with Crippen molar-refractivity contribution in [1.82, 2.24) is 19.7 Å². The summed E-state index contributed by atoms with van der Waals surface area (Å²) in [5, 5.41) is 5.65. The molecule has 142 valence electrons. The van der Waals surface area contributed by atoms with E-state index in [0.29, 0.717) is 26.3 Å². The number of carbonyl (C=O) groups excluding carboxylic acids is 1. The number of nitrogens with zero attached hydrogens (tertiary/aromatic N) is 3. The predicted octanol–water partition coefficient (Wildman–Crippen LogP) is 2.82. The topological polar surface area (TPSA) is 63.1 Å². The highest BCUT2D eigenvalue weighted by molar-refractivity contribution is 5.83. The van der Waals surface area contributed by atoms with Gasteiger partial charge >= 0.3 is 0 Å². The van der Waals surface area contributed by atoms with Gasteiger partial charge in [-0.15, -0.1) is 0 Å². The second-order valence-electron chi connectivity index (χ2n) is 7.33. The summed E-state index contributed by atoms with van der Waals surface area (Å²) < 4.78 is 7.31. The summed E-state index contributed by atoms with van der Waals surface area (Å²) in [5.41, 5.74) is 4.41. The molecule has 0 bridgehead atoms. The fourth-order valence-corrected chi connectivity index (χ4v) is 3.86. The van der Waals surface area contributed by atoms with Gasteiger partial charge in [0.1, 0.15) is 0 Å². The Morgan fingerprint density at radius 3 is 3.00 bits per heavy atom. The minimum Gasteiger partial charge on any atom is -0.381 e. The normalized spacial score (nSPS) is 16.9. The van der Waals surface area contributed by atoms with Crippen molar-refractivity contribution in [2.24, 2.45) is 13.0 Å².